The number of Topliss-reactive ketones (excluding diaryl/α,β-unsaturated/α-hetero) is 1. The average Bonchev–Trinajstić information content (AvgIpc) is 2.94. The van der Waals surface area contributed by atoms with Crippen molar-refractivity contribution in [3.05, 3.63) is 65.7 Å². The minimum atomic E-state index is -1.51. The van der Waals surface area contributed by atoms with E-state index in [9.17, 15) is 33.9 Å². The number of phenols is 1. The number of carbonyl (C=O) groups excluding carboxylic acids is 5. The van der Waals surface area contributed by atoms with E-state index in [1.165, 1.54) is 24.3 Å². The van der Waals surface area contributed by atoms with Gasteiger partial charge in [0, 0.05) is 0 Å². The third-order valence-corrected chi connectivity index (χ3v) is 6.26. The number of ketones is 1. The van der Waals surface area contributed by atoms with Crippen molar-refractivity contribution in [2.45, 2.75) is 50.7 Å². The van der Waals surface area contributed by atoms with E-state index in [0.717, 1.165) is 0 Å². The van der Waals surface area contributed by atoms with E-state index in [1.54, 1.807) is 37.3 Å². The van der Waals surface area contributed by atoms with Crippen molar-refractivity contribution in [1.82, 2.24) is 16.0 Å². The molecule has 0 heterocycles. The second-order valence-electron chi connectivity index (χ2n) is 9.37. The van der Waals surface area contributed by atoms with Crippen LogP contribution in [-0.2, 0) is 41.6 Å². The number of phenolic OH excluding ortho intramolecular Hbond substituents is 1. The smallest absolute Gasteiger partial charge is 0.305 e. The van der Waals surface area contributed by atoms with Gasteiger partial charge in [0.15, 0.2) is 5.78 Å². The fourth-order valence-electron chi connectivity index (χ4n) is 4.05. The summed E-state index contributed by atoms with van der Waals surface area (Å²) in [6.45, 7) is 1.18. The lowest BCUT2D eigenvalue weighted by Crippen LogP contribution is -2.56. The lowest BCUT2D eigenvalue weighted by Gasteiger charge is -2.26. The summed E-state index contributed by atoms with van der Waals surface area (Å²) in [6.07, 6.45) is -0.781. The Morgan fingerprint density at radius 3 is 1.90 bits per heavy atom. The Morgan fingerprint density at radius 1 is 0.780 bits per heavy atom. The lowest BCUT2D eigenvalue weighted by atomic mass is 9.87. The van der Waals surface area contributed by atoms with Crippen molar-refractivity contribution in [3.63, 3.8) is 0 Å². The second kappa shape index (κ2) is 15.7. The number of aliphatic carboxylic acids is 1. The van der Waals surface area contributed by atoms with Crippen LogP contribution in [0.4, 0.5) is 0 Å². The maximum atomic E-state index is 13.8. The quantitative estimate of drug-likeness (QED) is 0.125. The second-order valence-corrected chi connectivity index (χ2v) is 9.37. The molecule has 0 unspecified atom stereocenters. The van der Waals surface area contributed by atoms with Gasteiger partial charge in [0.1, 0.15) is 23.8 Å². The zero-order valence-electron chi connectivity index (χ0n) is 22.5. The van der Waals surface area contributed by atoms with Crippen LogP contribution in [0.1, 0.15) is 30.9 Å². The molecule has 0 saturated heterocycles. The predicted octanol–water partition coefficient (Wildman–Crippen LogP) is -0.854. The van der Waals surface area contributed by atoms with E-state index in [4.69, 9.17) is 16.6 Å². The van der Waals surface area contributed by atoms with Gasteiger partial charge < -0.3 is 37.6 Å². The number of nitrogens with one attached hydrogen (secondary N) is 3. The number of nitrogens with two attached hydrogens (primary N) is 2. The third kappa shape index (κ3) is 10.4. The highest BCUT2D eigenvalue weighted by Crippen LogP contribution is 2.18. The van der Waals surface area contributed by atoms with Gasteiger partial charge in [0.25, 0.3) is 0 Å². The Balaban J connectivity index is 2.37. The summed E-state index contributed by atoms with van der Waals surface area (Å²) in [5.74, 6) is -6.79. The molecule has 0 aliphatic carbocycles. The zero-order chi connectivity index (χ0) is 30.5. The van der Waals surface area contributed by atoms with Crippen molar-refractivity contribution < 1.29 is 39.0 Å². The van der Waals surface area contributed by atoms with Gasteiger partial charge in [-0.3, -0.25) is 28.8 Å². The first-order valence-electron chi connectivity index (χ1n) is 12.9. The van der Waals surface area contributed by atoms with Gasteiger partial charge in [-0.2, -0.15) is 0 Å². The summed E-state index contributed by atoms with van der Waals surface area (Å²) in [6, 6.07) is 10.8. The number of amides is 4. The molecule has 2 aromatic carbocycles. The molecule has 4 atom stereocenters. The third-order valence-electron chi connectivity index (χ3n) is 6.26. The van der Waals surface area contributed by atoms with Crippen LogP contribution < -0.4 is 27.4 Å². The van der Waals surface area contributed by atoms with Crippen molar-refractivity contribution >= 4 is 35.4 Å². The number of benzene rings is 2. The van der Waals surface area contributed by atoms with Gasteiger partial charge in [-0.15, -0.1) is 0 Å². The summed E-state index contributed by atoms with van der Waals surface area (Å²) in [7, 11) is 0. The van der Waals surface area contributed by atoms with Crippen LogP contribution in [0, 0.1) is 5.92 Å². The van der Waals surface area contributed by atoms with E-state index in [1.807, 2.05) is 0 Å². The minimum Gasteiger partial charge on any atom is -0.508 e. The number of carbonyl (C=O) groups is 6. The van der Waals surface area contributed by atoms with E-state index < -0.39 is 65.8 Å². The van der Waals surface area contributed by atoms with Crippen LogP contribution >= 0.6 is 0 Å². The first kappa shape index (κ1) is 32.4. The van der Waals surface area contributed by atoms with E-state index in [2.05, 4.69) is 16.0 Å². The SMILES string of the molecule is CC[C@H](NC(=O)[C@H](Cc1ccc(O)cc1)C(=O)[C@H](Cc1ccccc1)NC(=O)CN)C(=O)N[C@@H](CC(=O)O)C(N)=O. The molecule has 4 amide bonds. The molecule has 0 radical (unpaired) electrons. The molecular weight excluding hydrogens is 534 g/mol. The van der Waals surface area contributed by atoms with Gasteiger partial charge in [-0.25, -0.2) is 0 Å². The summed E-state index contributed by atoms with van der Waals surface area (Å²) < 4.78 is 0. The Labute approximate surface area is 236 Å². The molecule has 41 heavy (non-hydrogen) atoms. The van der Waals surface area contributed by atoms with Gasteiger partial charge in [-0.05, 0) is 42.5 Å². The molecule has 0 bridgehead atoms. The first-order chi connectivity index (χ1) is 19.4. The van der Waals surface area contributed by atoms with Gasteiger partial charge in [-0.1, -0.05) is 49.4 Å². The largest absolute Gasteiger partial charge is 0.508 e. The molecule has 2 aromatic rings. The molecule has 220 valence electrons. The molecule has 0 aliphatic rings. The average molecular weight is 570 g/mol. The number of aromatic hydroxyl groups is 1. The lowest BCUT2D eigenvalue weighted by molar-refractivity contribution is -0.141. The Hall–Kier alpha value is -4.78. The van der Waals surface area contributed by atoms with Gasteiger partial charge in [0.2, 0.25) is 23.6 Å². The highest BCUT2D eigenvalue weighted by molar-refractivity contribution is 6.06. The van der Waals surface area contributed by atoms with Crippen LogP contribution in [-0.4, -0.2) is 70.3 Å². The highest BCUT2D eigenvalue weighted by Gasteiger charge is 2.35. The highest BCUT2D eigenvalue weighted by atomic mass is 16.4. The zero-order valence-corrected chi connectivity index (χ0v) is 22.5. The Morgan fingerprint density at radius 2 is 1.37 bits per heavy atom. The summed E-state index contributed by atoms with van der Waals surface area (Å²) in [5, 5.41) is 25.9. The van der Waals surface area contributed by atoms with Crippen LogP contribution in [0.15, 0.2) is 54.6 Å². The predicted molar refractivity (Wildman–Crippen MR) is 147 cm³/mol. The van der Waals surface area contributed by atoms with Gasteiger partial charge >= 0.3 is 5.97 Å². The number of hydrogen-bond donors (Lipinski definition) is 7. The number of rotatable bonds is 16. The first-order valence-corrected chi connectivity index (χ1v) is 12.9. The molecule has 0 spiro atoms. The number of primary amides is 1. The monoisotopic (exact) mass is 569 g/mol. The fourth-order valence-corrected chi connectivity index (χ4v) is 4.05. The summed E-state index contributed by atoms with van der Waals surface area (Å²) in [4.78, 5) is 75.1. The number of hydrogen-bond acceptors (Lipinski definition) is 8. The maximum absolute atomic E-state index is 13.8. The van der Waals surface area contributed by atoms with E-state index in [-0.39, 0.29) is 31.6 Å². The van der Waals surface area contributed by atoms with Crippen molar-refractivity contribution in [1.29, 1.82) is 0 Å². The molecule has 0 aliphatic heterocycles. The van der Waals surface area contributed by atoms with Crippen LogP contribution in [0.25, 0.3) is 0 Å². The molecule has 0 saturated carbocycles. The summed E-state index contributed by atoms with van der Waals surface area (Å²) in [5.41, 5.74) is 11.9. The van der Waals surface area contributed by atoms with Crippen LogP contribution in [0.3, 0.4) is 0 Å². The Bertz CT molecular complexity index is 1240. The molecular formula is C28H35N5O8. The number of carboxylic acid groups (broad SMARTS) is 1. The fraction of sp³-hybridized carbons (Fsp3) is 0.357. The normalized spacial score (nSPS) is 13.6. The molecule has 13 nitrogen and oxygen atoms in total. The van der Waals surface area contributed by atoms with Crippen molar-refractivity contribution in [2.24, 2.45) is 17.4 Å². The number of carboxylic acids is 1. The van der Waals surface area contributed by atoms with Gasteiger partial charge in [0.05, 0.1) is 19.0 Å². The minimum absolute atomic E-state index is 0.0219. The van der Waals surface area contributed by atoms with E-state index >= 15 is 0 Å². The van der Waals surface area contributed by atoms with Crippen molar-refractivity contribution in [3.8, 4) is 5.75 Å². The molecule has 0 aromatic heterocycles. The van der Waals surface area contributed by atoms with Crippen LogP contribution in [0.2, 0.25) is 0 Å². The molecule has 9 N–H and O–H groups in total. The topological polar surface area (TPSA) is 231 Å². The van der Waals surface area contributed by atoms with E-state index in [0.29, 0.717) is 11.1 Å². The molecule has 13 heteroatoms. The molecule has 0 fully saturated rings. The maximum Gasteiger partial charge on any atom is 0.305 e. The van der Waals surface area contributed by atoms with Crippen molar-refractivity contribution in [2.75, 3.05) is 6.54 Å². The summed E-state index contributed by atoms with van der Waals surface area (Å²) >= 11 is 0. The molecule has 2 rings (SSSR count). The Kier molecular flexibility index (Phi) is 12.4. The standard InChI is InChI=1S/C28H35N5O8/c1-2-20(28(41)33-22(26(30)39)14-24(36)37)32-27(40)19(12-17-8-10-18(34)11-9-17)25(38)21(31-23(35)15-29)13-16-6-4-3-5-7-16/h3-11,19-22,34H,2,12-15,29H2,1H3,(H2,30,39)(H,31,35)(H,32,40)(H,33,41)(H,36,37)/t19-,20+,21+,22+/m1/s1. The van der Waals surface area contributed by atoms with Crippen LogP contribution in [0.5, 0.6) is 5.75 Å².